The fraction of sp³-hybridized carbons (Fsp3) is 0.176. The average Bonchev–Trinajstić information content (AvgIpc) is 2.56. The van der Waals surface area contributed by atoms with Crippen molar-refractivity contribution in [3.05, 3.63) is 56.6 Å². The molecule has 2 amide bonds. The standard InChI is InChI=1S/C17H16ClIN2O3/c1-21(17(23)11-6-7-14(18)15(19)8-11)10-16(22)20-12-4-3-5-13(9-12)24-2/h3-9H,10H2,1-2H3,(H,20,22). The highest BCUT2D eigenvalue weighted by Crippen LogP contribution is 2.20. The fourth-order valence-corrected chi connectivity index (χ4v) is 2.67. The van der Waals surface area contributed by atoms with E-state index in [2.05, 4.69) is 27.9 Å². The SMILES string of the molecule is COc1cccc(NC(=O)CN(C)C(=O)c2ccc(Cl)c(I)c2)c1. The first-order chi connectivity index (χ1) is 11.4. The van der Waals surface area contributed by atoms with Gasteiger partial charge in [-0.05, 0) is 52.9 Å². The molecule has 0 saturated heterocycles. The summed E-state index contributed by atoms with van der Waals surface area (Å²) in [7, 11) is 3.13. The van der Waals surface area contributed by atoms with E-state index in [4.69, 9.17) is 16.3 Å². The smallest absolute Gasteiger partial charge is 0.254 e. The molecule has 0 bridgehead atoms. The number of carbonyl (C=O) groups is 2. The van der Waals surface area contributed by atoms with Gasteiger partial charge in [0.15, 0.2) is 0 Å². The number of halogens is 2. The second-order valence-corrected chi connectivity index (χ2v) is 6.64. The van der Waals surface area contributed by atoms with Crippen molar-refractivity contribution < 1.29 is 14.3 Å². The lowest BCUT2D eigenvalue weighted by atomic mass is 10.2. The van der Waals surface area contributed by atoms with E-state index >= 15 is 0 Å². The van der Waals surface area contributed by atoms with Crippen LogP contribution in [0.5, 0.6) is 5.75 Å². The number of benzene rings is 2. The number of ether oxygens (including phenoxy) is 1. The maximum Gasteiger partial charge on any atom is 0.254 e. The van der Waals surface area contributed by atoms with E-state index in [0.29, 0.717) is 22.0 Å². The maximum atomic E-state index is 12.4. The largest absolute Gasteiger partial charge is 0.497 e. The zero-order valence-corrected chi connectivity index (χ0v) is 16.1. The summed E-state index contributed by atoms with van der Waals surface area (Å²) in [6.07, 6.45) is 0. The summed E-state index contributed by atoms with van der Waals surface area (Å²) in [5.74, 6) is 0.112. The molecule has 0 unspecified atom stereocenters. The highest BCUT2D eigenvalue weighted by molar-refractivity contribution is 14.1. The number of nitrogens with zero attached hydrogens (tertiary/aromatic N) is 1. The monoisotopic (exact) mass is 458 g/mol. The van der Waals surface area contributed by atoms with Gasteiger partial charge >= 0.3 is 0 Å². The second-order valence-electron chi connectivity index (χ2n) is 5.07. The topological polar surface area (TPSA) is 58.6 Å². The number of rotatable bonds is 5. The summed E-state index contributed by atoms with van der Waals surface area (Å²) < 4.78 is 5.89. The van der Waals surface area contributed by atoms with Crippen LogP contribution in [-0.4, -0.2) is 37.4 Å². The molecule has 0 fully saturated rings. The molecule has 0 saturated carbocycles. The third-order valence-corrected chi connectivity index (χ3v) is 4.79. The number of methoxy groups -OCH3 is 1. The van der Waals surface area contributed by atoms with Crippen LogP contribution in [0.4, 0.5) is 5.69 Å². The van der Waals surface area contributed by atoms with E-state index in [0.717, 1.165) is 3.57 Å². The van der Waals surface area contributed by atoms with Gasteiger partial charge < -0.3 is 15.0 Å². The molecule has 0 radical (unpaired) electrons. The molecule has 0 aliphatic heterocycles. The molecular formula is C17H16ClIN2O3. The molecule has 2 aromatic carbocycles. The van der Waals surface area contributed by atoms with E-state index in [1.807, 2.05) is 0 Å². The van der Waals surface area contributed by atoms with Gasteiger partial charge in [0.05, 0.1) is 18.7 Å². The van der Waals surface area contributed by atoms with Gasteiger partial charge in [0.25, 0.3) is 5.91 Å². The number of anilines is 1. The van der Waals surface area contributed by atoms with Gasteiger partial charge in [0, 0.05) is 27.9 Å². The third kappa shape index (κ3) is 4.85. The summed E-state index contributed by atoms with van der Waals surface area (Å²) in [4.78, 5) is 25.8. The molecular weight excluding hydrogens is 443 g/mol. The lowest BCUT2D eigenvalue weighted by Gasteiger charge is -2.17. The van der Waals surface area contributed by atoms with Crippen LogP contribution >= 0.6 is 34.2 Å². The van der Waals surface area contributed by atoms with Gasteiger partial charge in [-0.15, -0.1) is 0 Å². The predicted octanol–water partition coefficient (Wildman–Crippen LogP) is 3.66. The van der Waals surface area contributed by atoms with Gasteiger partial charge in [-0.1, -0.05) is 17.7 Å². The van der Waals surface area contributed by atoms with Crippen molar-refractivity contribution >= 4 is 51.7 Å². The first kappa shape index (κ1) is 18.5. The van der Waals surface area contributed by atoms with Crippen molar-refractivity contribution in [1.82, 2.24) is 4.90 Å². The minimum absolute atomic E-state index is 0.0603. The van der Waals surface area contributed by atoms with E-state index in [-0.39, 0.29) is 18.4 Å². The molecule has 0 atom stereocenters. The van der Waals surface area contributed by atoms with E-state index < -0.39 is 0 Å². The van der Waals surface area contributed by atoms with Gasteiger partial charge in [-0.25, -0.2) is 0 Å². The van der Waals surface area contributed by atoms with Gasteiger partial charge in [0.2, 0.25) is 5.91 Å². The van der Waals surface area contributed by atoms with Crippen molar-refractivity contribution in [2.75, 3.05) is 26.0 Å². The number of nitrogens with one attached hydrogen (secondary N) is 1. The number of amides is 2. The van der Waals surface area contributed by atoms with Crippen molar-refractivity contribution in [3.63, 3.8) is 0 Å². The molecule has 126 valence electrons. The molecule has 0 aliphatic carbocycles. The second kappa shape index (κ2) is 8.34. The lowest BCUT2D eigenvalue weighted by Crippen LogP contribution is -2.35. The van der Waals surface area contributed by atoms with Gasteiger partial charge in [-0.3, -0.25) is 9.59 Å². The quantitative estimate of drug-likeness (QED) is 0.696. The van der Waals surface area contributed by atoms with E-state index in [9.17, 15) is 9.59 Å². The zero-order chi connectivity index (χ0) is 17.7. The lowest BCUT2D eigenvalue weighted by molar-refractivity contribution is -0.116. The Hall–Kier alpha value is -1.80. The highest BCUT2D eigenvalue weighted by Gasteiger charge is 2.16. The first-order valence-electron chi connectivity index (χ1n) is 7.05. The number of hydrogen-bond acceptors (Lipinski definition) is 3. The van der Waals surface area contributed by atoms with Gasteiger partial charge in [-0.2, -0.15) is 0 Å². The molecule has 1 N–H and O–H groups in total. The van der Waals surface area contributed by atoms with Crippen LogP contribution < -0.4 is 10.1 Å². The number of hydrogen-bond donors (Lipinski definition) is 1. The molecule has 7 heteroatoms. The predicted molar refractivity (Wildman–Crippen MR) is 103 cm³/mol. The fourth-order valence-electron chi connectivity index (χ4n) is 2.04. The minimum atomic E-state index is -0.289. The zero-order valence-electron chi connectivity index (χ0n) is 13.2. The summed E-state index contributed by atoms with van der Waals surface area (Å²) >= 11 is 8.02. The van der Waals surface area contributed by atoms with Gasteiger partial charge in [0.1, 0.15) is 5.75 Å². The molecule has 0 aromatic heterocycles. The molecule has 0 spiro atoms. The number of likely N-dealkylation sites (N-methyl/N-ethyl adjacent to an activating group) is 1. The Labute approximate surface area is 159 Å². The first-order valence-corrected chi connectivity index (χ1v) is 8.51. The van der Waals surface area contributed by atoms with Crippen LogP contribution in [0.15, 0.2) is 42.5 Å². The van der Waals surface area contributed by atoms with Crippen LogP contribution in [0.3, 0.4) is 0 Å². The Morgan fingerprint density at radius 3 is 2.67 bits per heavy atom. The third-order valence-electron chi connectivity index (χ3n) is 3.25. The normalized spacial score (nSPS) is 10.2. The Morgan fingerprint density at radius 2 is 2.00 bits per heavy atom. The van der Waals surface area contributed by atoms with Crippen LogP contribution in [-0.2, 0) is 4.79 Å². The van der Waals surface area contributed by atoms with Crippen molar-refractivity contribution in [1.29, 1.82) is 0 Å². The van der Waals surface area contributed by atoms with E-state index in [1.165, 1.54) is 4.90 Å². The summed E-state index contributed by atoms with van der Waals surface area (Å²) in [6.45, 7) is -0.0603. The van der Waals surface area contributed by atoms with Crippen LogP contribution in [0.2, 0.25) is 5.02 Å². The Kier molecular flexibility index (Phi) is 6.44. The van der Waals surface area contributed by atoms with E-state index in [1.54, 1.807) is 56.6 Å². The molecule has 0 aliphatic rings. The molecule has 5 nitrogen and oxygen atoms in total. The summed E-state index contributed by atoms with van der Waals surface area (Å²) in [5, 5.41) is 3.33. The van der Waals surface area contributed by atoms with Crippen molar-refractivity contribution in [2.45, 2.75) is 0 Å². The Balaban J connectivity index is 1.99. The van der Waals surface area contributed by atoms with Crippen LogP contribution in [0.1, 0.15) is 10.4 Å². The van der Waals surface area contributed by atoms with Crippen molar-refractivity contribution in [2.24, 2.45) is 0 Å². The minimum Gasteiger partial charge on any atom is -0.497 e. The van der Waals surface area contributed by atoms with Crippen molar-refractivity contribution in [3.8, 4) is 5.75 Å². The Bertz CT molecular complexity index is 767. The van der Waals surface area contributed by atoms with Crippen LogP contribution in [0, 0.1) is 3.57 Å². The molecule has 0 heterocycles. The number of carbonyl (C=O) groups excluding carboxylic acids is 2. The Morgan fingerprint density at radius 1 is 1.25 bits per heavy atom. The highest BCUT2D eigenvalue weighted by atomic mass is 127. The molecule has 2 aromatic rings. The molecule has 2 rings (SSSR count). The summed E-state index contributed by atoms with van der Waals surface area (Å²) in [6, 6.07) is 12.0. The average molecular weight is 459 g/mol. The maximum absolute atomic E-state index is 12.4. The molecule has 24 heavy (non-hydrogen) atoms. The van der Waals surface area contributed by atoms with Crippen LogP contribution in [0.25, 0.3) is 0 Å². The summed E-state index contributed by atoms with van der Waals surface area (Å²) in [5.41, 5.74) is 1.10.